The predicted molar refractivity (Wildman–Crippen MR) is 50.6 cm³/mol. The van der Waals surface area contributed by atoms with E-state index in [1.54, 1.807) is 0 Å². The topological polar surface area (TPSA) is 66.4 Å². The number of ether oxygens (including phenoxy) is 1. The number of benzene rings is 1. The lowest BCUT2D eigenvalue weighted by Crippen LogP contribution is -2.06. The summed E-state index contributed by atoms with van der Waals surface area (Å²) in [5.74, 6) is 0.213. The van der Waals surface area contributed by atoms with Crippen molar-refractivity contribution in [3.8, 4) is 5.75 Å². The van der Waals surface area contributed by atoms with Crippen LogP contribution in [0.1, 0.15) is 5.56 Å². The summed E-state index contributed by atoms with van der Waals surface area (Å²) >= 11 is 0. The molecule has 0 aliphatic rings. The van der Waals surface area contributed by atoms with Gasteiger partial charge in [0.15, 0.2) is 0 Å². The van der Waals surface area contributed by atoms with Gasteiger partial charge < -0.3 is 9.29 Å². The third kappa shape index (κ3) is 2.66. The first-order chi connectivity index (χ1) is 7.00. The highest BCUT2D eigenvalue weighted by Gasteiger charge is 2.13. The minimum atomic E-state index is -4.58. The maximum Gasteiger partial charge on any atom is 0.124 e. The molecule has 0 aromatic heterocycles. The van der Waals surface area contributed by atoms with Crippen LogP contribution in [0.15, 0.2) is 23.1 Å². The number of rotatable bonds is 4. The zero-order chi connectivity index (χ0) is 11.5. The Labute approximate surface area is 87.4 Å². The maximum atomic E-state index is 12.2. The second kappa shape index (κ2) is 4.59. The van der Waals surface area contributed by atoms with Crippen molar-refractivity contribution in [2.75, 3.05) is 13.8 Å². The van der Waals surface area contributed by atoms with Crippen LogP contribution in [0.4, 0.5) is 4.39 Å². The first-order valence-electron chi connectivity index (χ1n) is 4.18. The molecule has 84 valence electrons. The van der Waals surface area contributed by atoms with Gasteiger partial charge in [0.25, 0.3) is 0 Å². The van der Waals surface area contributed by atoms with Gasteiger partial charge >= 0.3 is 0 Å². The van der Waals surface area contributed by atoms with Crippen LogP contribution in [0.25, 0.3) is 0 Å². The van der Waals surface area contributed by atoms with Crippen molar-refractivity contribution in [3.63, 3.8) is 0 Å². The standard InChI is InChI=1S/C9H11FO4S/c1-14-8-3-2-4-9(15(11,12)13)7(8)5-6-10/h2-4H,5-6H2,1H3,(H,11,12,13)/p-1. The lowest BCUT2D eigenvalue weighted by Gasteiger charge is -2.14. The molecule has 0 aliphatic carbocycles. The molecule has 0 N–H and O–H groups in total. The van der Waals surface area contributed by atoms with Crippen LogP contribution in [0.3, 0.4) is 0 Å². The molecule has 15 heavy (non-hydrogen) atoms. The molecule has 0 atom stereocenters. The molecule has 0 aliphatic heterocycles. The highest BCUT2D eigenvalue weighted by Crippen LogP contribution is 2.26. The van der Waals surface area contributed by atoms with E-state index in [9.17, 15) is 17.4 Å². The second-order valence-electron chi connectivity index (χ2n) is 2.83. The van der Waals surface area contributed by atoms with Crippen LogP contribution >= 0.6 is 0 Å². The lowest BCUT2D eigenvalue weighted by molar-refractivity contribution is 0.400. The van der Waals surface area contributed by atoms with Crippen molar-refractivity contribution in [1.29, 1.82) is 0 Å². The summed E-state index contributed by atoms with van der Waals surface area (Å²) in [4.78, 5) is -0.417. The van der Waals surface area contributed by atoms with Gasteiger partial charge in [-0.3, -0.25) is 4.39 Å². The zero-order valence-electron chi connectivity index (χ0n) is 8.07. The number of halogens is 1. The number of hydrogen-bond donors (Lipinski definition) is 0. The van der Waals surface area contributed by atoms with Gasteiger partial charge in [0, 0.05) is 12.0 Å². The molecule has 0 bridgehead atoms. The van der Waals surface area contributed by atoms with E-state index in [1.807, 2.05) is 0 Å². The van der Waals surface area contributed by atoms with E-state index in [0.29, 0.717) is 0 Å². The molecule has 1 rings (SSSR count). The van der Waals surface area contributed by atoms with Crippen molar-refractivity contribution in [2.24, 2.45) is 0 Å². The molecular formula is C9H10FO4S-. The largest absolute Gasteiger partial charge is 0.744 e. The number of hydrogen-bond acceptors (Lipinski definition) is 4. The first kappa shape index (κ1) is 11.9. The normalized spacial score (nSPS) is 11.4. The summed E-state index contributed by atoms with van der Waals surface area (Å²) in [6, 6.07) is 4.01. The van der Waals surface area contributed by atoms with Gasteiger partial charge in [-0.25, -0.2) is 8.42 Å². The fourth-order valence-electron chi connectivity index (χ4n) is 1.31. The van der Waals surface area contributed by atoms with Crippen molar-refractivity contribution in [1.82, 2.24) is 0 Å². The van der Waals surface area contributed by atoms with Gasteiger partial charge in [-0.2, -0.15) is 0 Å². The summed E-state index contributed by atoms with van der Waals surface area (Å²) in [6.45, 7) is -0.747. The van der Waals surface area contributed by atoms with E-state index in [0.717, 1.165) is 6.07 Å². The number of methoxy groups -OCH3 is 1. The van der Waals surface area contributed by atoms with Crippen LogP contribution < -0.4 is 4.74 Å². The van der Waals surface area contributed by atoms with Crippen molar-refractivity contribution >= 4 is 10.1 Å². The number of alkyl halides is 1. The van der Waals surface area contributed by atoms with Crippen molar-refractivity contribution in [3.05, 3.63) is 23.8 Å². The smallest absolute Gasteiger partial charge is 0.124 e. The second-order valence-corrected chi connectivity index (χ2v) is 4.18. The van der Waals surface area contributed by atoms with Gasteiger partial charge in [-0.15, -0.1) is 0 Å². The first-order valence-corrected chi connectivity index (χ1v) is 5.59. The Morgan fingerprint density at radius 1 is 1.47 bits per heavy atom. The minimum absolute atomic E-state index is 0.0949. The molecule has 0 amide bonds. The Bertz CT molecular complexity index is 441. The Morgan fingerprint density at radius 2 is 2.13 bits per heavy atom. The molecule has 1 aromatic rings. The van der Waals surface area contributed by atoms with E-state index >= 15 is 0 Å². The third-order valence-corrected chi connectivity index (χ3v) is 2.84. The van der Waals surface area contributed by atoms with Crippen molar-refractivity contribution in [2.45, 2.75) is 11.3 Å². The molecule has 6 heteroatoms. The van der Waals surface area contributed by atoms with Gasteiger partial charge in [0.2, 0.25) is 0 Å². The Hall–Kier alpha value is -1.14. The Balaban J connectivity index is 3.38. The van der Waals surface area contributed by atoms with E-state index in [2.05, 4.69) is 0 Å². The van der Waals surface area contributed by atoms with E-state index in [1.165, 1.54) is 19.2 Å². The van der Waals surface area contributed by atoms with Crippen LogP contribution in [0, 0.1) is 0 Å². The fraction of sp³-hybridized carbons (Fsp3) is 0.333. The highest BCUT2D eigenvalue weighted by atomic mass is 32.2. The van der Waals surface area contributed by atoms with Gasteiger partial charge in [-0.05, 0) is 12.1 Å². The van der Waals surface area contributed by atoms with Gasteiger partial charge in [-0.1, -0.05) is 6.07 Å². The van der Waals surface area contributed by atoms with Gasteiger partial charge in [0.1, 0.15) is 15.9 Å². The summed E-state index contributed by atoms with van der Waals surface area (Å²) < 4.78 is 49.7. The lowest BCUT2D eigenvalue weighted by atomic mass is 10.1. The van der Waals surface area contributed by atoms with E-state index < -0.39 is 21.7 Å². The monoisotopic (exact) mass is 233 g/mol. The average Bonchev–Trinajstić information content (AvgIpc) is 2.17. The summed E-state index contributed by atoms with van der Waals surface area (Å²) in [7, 11) is -3.25. The Morgan fingerprint density at radius 3 is 2.60 bits per heavy atom. The molecule has 4 nitrogen and oxygen atoms in total. The maximum absolute atomic E-state index is 12.2. The SMILES string of the molecule is COc1cccc(S(=O)(=O)[O-])c1CCF. The molecule has 1 aromatic carbocycles. The molecule has 0 radical (unpaired) electrons. The molecule has 0 fully saturated rings. The molecule has 0 saturated heterocycles. The average molecular weight is 233 g/mol. The van der Waals surface area contributed by atoms with Crippen LogP contribution in [0.5, 0.6) is 5.75 Å². The predicted octanol–water partition coefficient (Wildman–Crippen LogP) is 1.11. The Kier molecular flexibility index (Phi) is 3.65. The molecular weight excluding hydrogens is 223 g/mol. The van der Waals surface area contributed by atoms with Crippen LogP contribution in [0.2, 0.25) is 0 Å². The van der Waals surface area contributed by atoms with Gasteiger partial charge in [0.05, 0.1) is 18.7 Å². The summed E-state index contributed by atoms with van der Waals surface area (Å²) in [5, 5.41) is 0. The zero-order valence-corrected chi connectivity index (χ0v) is 8.88. The quantitative estimate of drug-likeness (QED) is 0.731. The minimum Gasteiger partial charge on any atom is -0.744 e. The van der Waals surface area contributed by atoms with Crippen molar-refractivity contribution < 1.29 is 22.1 Å². The third-order valence-electron chi connectivity index (χ3n) is 1.92. The van der Waals surface area contributed by atoms with E-state index in [4.69, 9.17) is 4.74 Å². The summed E-state index contributed by atoms with van der Waals surface area (Å²) in [5.41, 5.74) is 0.0949. The molecule has 0 heterocycles. The molecule has 0 spiro atoms. The highest BCUT2D eigenvalue weighted by molar-refractivity contribution is 7.85. The molecule has 0 unspecified atom stereocenters. The fourth-order valence-corrected chi connectivity index (χ4v) is 2.06. The van der Waals surface area contributed by atoms with E-state index in [-0.39, 0.29) is 17.7 Å². The summed E-state index contributed by atoms with van der Waals surface area (Å²) in [6.07, 6.45) is -0.152. The van der Waals surface area contributed by atoms with Crippen LogP contribution in [-0.4, -0.2) is 26.8 Å². The molecule has 0 saturated carbocycles. The van der Waals surface area contributed by atoms with Crippen LogP contribution in [-0.2, 0) is 16.5 Å².